The van der Waals surface area contributed by atoms with E-state index in [1.165, 1.54) is 0 Å². The van der Waals surface area contributed by atoms with Gasteiger partial charge in [0.25, 0.3) is 0 Å². The second-order valence-electron chi connectivity index (χ2n) is 5.32. The predicted octanol–water partition coefficient (Wildman–Crippen LogP) is 3.75. The zero-order chi connectivity index (χ0) is 16.3. The molecule has 1 unspecified atom stereocenters. The van der Waals surface area contributed by atoms with E-state index < -0.39 is 0 Å². The quantitative estimate of drug-likeness (QED) is 0.912. The second kappa shape index (κ2) is 6.83. The van der Waals surface area contributed by atoms with Crippen molar-refractivity contribution in [2.24, 2.45) is 0 Å². The molecule has 118 valence electrons. The number of amides is 1. The molecular weight excluding hydrogens is 302 g/mol. The Morgan fingerprint density at radius 3 is 2.73 bits per heavy atom. The Balaban J connectivity index is 2.07. The highest BCUT2D eigenvalue weighted by molar-refractivity contribution is 6.31. The van der Waals surface area contributed by atoms with Gasteiger partial charge in [-0.3, -0.25) is 9.48 Å². The summed E-state index contributed by atoms with van der Waals surface area (Å²) in [7, 11) is 1.55. The minimum Gasteiger partial charge on any atom is -0.495 e. The summed E-state index contributed by atoms with van der Waals surface area (Å²) in [6.07, 6.45) is 0.317. The summed E-state index contributed by atoms with van der Waals surface area (Å²) in [5.74, 6) is 0.470. The van der Waals surface area contributed by atoms with E-state index in [9.17, 15) is 4.79 Å². The second-order valence-corrected chi connectivity index (χ2v) is 5.75. The number of carbonyl (C=O) groups is 1. The first-order chi connectivity index (χ1) is 10.4. The normalized spacial score (nSPS) is 12.0. The Labute approximate surface area is 135 Å². The fourth-order valence-corrected chi connectivity index (χ4v) is 2.60. The van der Waals surface area contributed by atoms with Crippen LogP contribution in [0.2, 0.25) is 5.02 Å². The lowest BCUT2D eigenvalue weighted by Gasteiger charge is -2.15. The topological polar surface area (TPSA) is 56.1 Å². The Kier molecular flexibility index (Phi) is 5.08. The lowest BCUT2D eigenvalue weighted by Crippen LogP contribution is -2.19. The first-order valence-electron chi connectivity index (χ1n) is 7.07. The lowest BCUT2D eigenvalue weighted by atomic mass is 10.2. The van der Waals surface area contributed by atoms with Gasteiger partial charge in [-0.05, 0) is 45.0 Å². The maximum absolute atomic E-state index is 12.2. The molecule has 0 saturated carbocycles. The van der Waals surface area contributed by atoms with Gasteiger partial charge in [-0.2, -0.15) is 5.10 Å². The number of benzene rings is 1. The molecule has 0 radical (unpaired) electrons. The molecular formula is C16H20ClN3O2. The van der Waals surface area contributed by atoms with Crippen LogP contribution >= 0.6 is 11.6 Å². The number of aryl methyl sites for hydroxylation is 2. The summed E-state index contributed by atoms with van der Waals surface area (Å²) in [5.41, 5.74) is 2.56. The maximum atomic E-state index is 12.2. The Morgan fingerprint density at radius 1 is 1.41 bits per heavy atom. The number of anilines is 1. The molecule has 1 aromatic carbocycles. The Bertz CT molecular complexity index is 682. The van der Waals surface area contributed by atoms with Gasteiger partial charge in [-0.15, -0.1) is 0 Å². The van der Waals surface area contributed by atoms with Crippen molar-refractivity contribution in [2.75, 3.05) is 12.4 Å². The smallest absolute Gasteiger partial charge is 0.226 e. The van der Waals surface area contributed by atoms with E-state index in [-0.39, 0.29) is 11.9 Å². The maximum Gasteiger partial charge on any atom is 0.226 e. The standard InChI is InChI=1S/C16H20ClN3O2/c1-10-7-11(2)20(19-10)12(3)8-16(21)18-14-9-13(17)5-6-15(14)22-4/h5-7,9,12H,8H2,1-4H3,(H,18,21). The van der Waals surface area contributed by atoms with Crippen molar-refractivity contribution in [2.45, 2.75) is 33.2 Å². The summed E-state index contributed by atoms with van der Waals surface area (Å²) in [4.78, 5) is 12.2. The summed E-state index contributed by atoms with van der Waals surface area (Å²) < 4.78 is 7.09. The largest absolute Gasteiger partial charge is 0.495 e. The summed E-state index contributed by atoms with van der Waals surface area (Å²) in [6, 6.07) is 7.08. The van der Waals surface area contributed by atoms with E-state index in [0.717, 1.165) is 11.4 Å². The van der Waals surface area contributed by atoms with Crippen molar-refractivity contribution in [3.63, 3.8) is 0 Å². The molecule has 0 saturated heterocycles. The van der Waals surface area contributed by atoms with Gasteiger partial charge in [0.05, 0.1) is 24.5 Å². The molecule has 6 heteroatoms. The van der Waals surface area contributed by atoms with Crippen molar-refractivity contribution < 1.29 is 9.53 Å². The lowest BCUT2D eigenvalue weighted by molar-refractivity contribution is -0.116. The van der Waals surface area contributed by atoms with Crippen LogP contribution in [0.25, 0.3) is 0 Å². The molecule has 0 aliphatic heterocycles. The third kappa shape index (κ3) is 3.80. The van der Waals surface area contributed by atoms with Crippen LogP contribution in [-0.4, -0.2) is 22.8 Å². The number of nitrogens with one attached hydrogen (secondary N) is 1. The van der Waals surface area contributed by atoms with Gasteiger partial charge in [-0.25, -0.2) is 0 Å². The van der Waals surface area contributed by atoms with Crippen LogP contribution in [0.3, 0.4) is 0 Å². The van der Waals surface area contributed by atoms with Crippen LogP contribution in [0, 0.1) is 13.8 Å². The molecule has 0 spiro atoms. The van der Waals surface area contributed by atoms with E-state index >= 15 is 0 Å². The fraction of sp³-hybridized carbons (Fsp3) is 0.375. The molecule has 0 aliphatic rings. The molecule has 2 rings (SSSR count). The minimum absolute atomic E-state index is 0.0288. The van der Waals surface area contributed by atoms with Crippen LogP contribution in [-0.2, 0) is 4.79 Å². The summed E-state index contributed by atoms with van der Waals surface area (Å²) >= 11 is 5.96. The molecule has 1 atom stereocenters. The number of nitrogens with zero attached hydrogens (tertiary/aromatic N) is 2. The number of hydrogen-bond acceptors (Lipinski definition) is 3. The van der Waals surface area contributed by atoms with Gasteiger partial charge in [0.2, 0.25) is 5.91 Å². The van der Waals surface area contributed by atoms with E-state index in [4.69, 9.17) is 16.3 Å². The van der Waals surface area contributed by atoms with E-state index in [0.29, 0.717) is 22.9 Å². The molecule has 0 aliphatic carbocycles. The molecule has 0 fully saturated rings. The number of rotatable bonds is 5. The number of ether oxygens (including phenoxy) is 1. The van der Waals surface area contributed by atoms with E-state index in [2.05, 4.69) is 10.4 Å². The van der Waals surface area contributed by atoms with Crippen molar-refractivity contribution in [1.29, 1.82) is 0 Å². The number of methoxy groups -OCH3 is 1. The van der Waals surface area contributed by atoms with Gasteiger partial charge in [0, 0.05) is 17.1 Å². The van der Waals surface area contributed by atoms with E-state index in [1.54, 1.807) is 25.3 Å². The number of hydrogen-bond donors (Lipinski definition) is 1. The first-order valence-corrected chi connectivity index (χ1v) is 7.44. The zero-order valence-electron chi connectivity index (χ0n) is 13.2. The van der Waals surface area contributed by atoms with Crippen LogP contribution < -0.4 is 10.1 Å². The molecule has 22 heavy (non-hydrogen) atoms. The van der Waals surface area contributed by atoms with Gasteiger partial charge in [0.15, 0.2) is 0 Å². The van der Waals surface area contributed by atoms with Crippen LogP contribution in [0.4, 0.5) is 5.69 Å². The first kappa shape index (κ1) is 16.4. The molecule has 1 aromatic heterocycles. The van der Waals surface area contributed by atoms with E-state index in [1.807, 2.05) is 31.5 Å². The molecule has 1 amide bonds. The fourth-order valence-electron chi connectivity index (χ4n) is 2.43. The average Bonchev–Trinajstić information content (AvgIpc) is 2.78. The van der Waals surface area contributed by atoms with Crippen LogP contribution in [0.15, 0.2) is 24.3 Å². The van der Waals surface area contributed by atoms with Crippen LogP contribution in [0.5, 0.6) is 5.75 Å². The average molecular weight is 322 g/mol. The molecule has 5 nitrogen and oxygen atoms in total. The highest BCUT2D eigenvalue weighted by atomic mass is 35.5. The number of halogens is 1. The SMILES string of the molecule is COc1ccc(Cl)cc1NC(=O)CC(C)n1nc(C)cc1C. The molecule has 1 heterocycles. The van der Waals surface area contributed by atoms with Gasteiger partial charge in [-0.1, -0.05) is 11.6 Å². The van der Waals surface area contributed by atoms with Gasteiger partial charge in [0.1, 0.15) is 5.75 Å². The Hall–Kier alpha value is -2.01. The summed E-state index contributed by atoms with van der Waals surface area (Å²) in [6.45, 7) is 5.88. The number of aromatic nitrogens is 2. The molecule has 1 N–H and O–H groups in total. The number of carbonyl (C=O) groups excluding carboxylic acids is 1. The predicted molar refractivity (Wildman–Crippen MR) is 87.7 cm³/mol. The third-order valence-electron chi connectivity index (χ3n) is 3.38. The van der Waals surface area contributed by atoms with Crippen molar-refractivity contribution >= 4 is 23.2 Å². The highest BCUT2D eigenvalue weighted by Gasteiger charge is 2.15. The highest BCUT2D eigenvalue weighted by Crippen LogP contribution is 2.28. The third-order valence-corrected chi connectivity index (χ3v) is 3.61. The van der Waals surface area contributed by atoms with Gasteiger partial charge < -0.3 is 10.1 Å². The van der Waals surface area contributed by atoms with Gasteiger partial charge >= 0.3 is 0 Å². The van der Waals surface area contributed by atoms with Crippen molar-refractivity contribution in [1.82, 2.24) is 9.78 Å². The van der Waals surface area contributed by atoms with Crippen LogP contribution in [0.1, 0.15) is 30.8 Å². The monoisotopic (exact) mass is 321 g/mol. The van der Waals surface area contributed by atoms with Crippen molar-refractivity contribution in [3.05, 3.63) is 40.7 Å². The zero-order valence-corrected chi connectivity index (χ0v) is 13.9. The summed E-state index contributed by atoms with van der Waals surface area (Å²) in [5, 5.41) is 7.79. The van der Waals surface area contributed by atoms with Crippen molar-refractivity contribution in [3.8, 4) is 5.75 Å². The molecule has 0 bridgehead atoms. The molecule has 2 aromatic rings. The minimum atomic E-state index is -0.111. The Morgan fingerprint density at radius 2 is 2.14 bits per heavy atom.